The molecule has 118 valence electrons. The topological polar surface area (TPSA) is 79.2 Å². The smallest absolute Gasteiger partial charge is 0.241 e. The van der Waals surface area contributed by atoms with E-state index in [-0.39, 0.29) is 31.4 Å². The van der Waals surface area contributed by atoms with E-state index in [1.165, 1.54) is 16.8 Å². The first-order chi connectivity index (χ1) is 10.6. The van der Waals surface area contributed by atoms with Gasteiger partial charge in [0, 0.05) is 19.3 Å². The third kappa shape index (κ3) is 4.56. The summed E-state index contributed by atoms with van der Waals surface area (Å²) in [5.74, 6) is -0.457. The number of carbonyl (C=O) groups is 1. The van der Waals surface area contributed by atoms with Crippen molar-refractivity contribution >= 4 is 11.6 Å². The van der Waals surface area contributed by atoms with Gasteiger partial charge in [0.1, 0.15) is 12.4 Å². The highest BCUT2D eigenvalue weighted by Crippen LogP contribution is 2.13. The van der Waals surface area contributed by atoms with Crippen LogP contribution in [0.2, 0.25) is 0 Å². The summed E-state index contributed by atoms with van der Waals surface area (Å²) >= 11 is 0. The number of aryl methyl sites for hydroxylation is 1. The average molecular weight is 306 g/mol. The van der Waals surface area contributed by atoms with Crippen molar-refractivity contribution in [3.63, 3.8) is 0 Å². The Bertz CT molecular complexity index is 642. The second-order valence-electron chi connectivity index (χ2n) is 4.92. The molecule has 0 atom stereocenters. The zero-order valence-corrected chi connectivity index (χ0v) is 12.3. The second kappa shape index (κ2) is 7.56. The largest absolute Gasteiger partial charge is 0.395 e. The van der Waals surface area contributed by atoms with Gasteiger partial charge in [-0.25, -0.2) is 4.39 Å². The predicted molar refractivity (Wildman–Crippen MR) is 80.8 cm³/mol. The molecule has 0 aliphatic heterocycles. The van der Waals surface area contributed by atoms with Crippen LogP contribution in [0.1, 0.15) is 11.1 Å². The van der Waals surface area contributed by atoms with E-state index in [1.54, 1.807) is 18.5 Å². The lowest BCUT2D eigenvalue weighted by Gasteiger charge is -2.07. The van der Waals surface area contributed by atoms with Crippen molar-refractivity contribution in [3.8, 4) is 0 Å². The molecule has 0 spiro atoms. The predicted octanol–water partition coefficient (Wildman–Crippen LogP) is 1.05. The average Bonchev–Trinajstić information content (AvgIpc) is 2.91. The maximum atomic E-state index is 13.0. The van der Waals surface area contributed by atoms with Crippen LogP contribution >= 0.6 is 0 Å². The zero-order valence-electron chi connectivity index (χ0n) is 12.3. The molecule has 22 heavy (non-hydrogen) atoms. The molecule has 2 aromatic rings. The molecule has 0 unspecified atom stereocenters. The maximum absolute atomic E-state index is 13.0. The molecule has 7 heteroatoms. The number of hydrogen-bond acceptors (Lipinski definition) is 4. The third-order valence-corrected chi connectivity index (χ3v) is 3.16. The summed E-state index contributed by atoms with van der Waals surface area (Å²) in [5.41, 5.74) is 2.65. The van der Waals surface area contributed by atoms with Gasteiger partial charge in [-0.1, -0.05) is 6.07 Å². The highest BCUT2D eigenvalue weighted by atomic mass is 19.1. The Kier molecular flexibility index (Phi) is 5.48. The molecule has 0 saturated carbocycles. The Morgan fingerprint density at radius 1 is 1.45 bits per heavy atom. The minimum Gasteiger partial charge on any atom is -0.395 e. The molecule has 3 N–H and O–H groups in total. The molecule has 0 aliphatic rings. The Morgan fingerprint density at radius 3 is 3.00 bits per heavy atom. The van der Waals surface area contributed by atoms with Crippen LogP contribution in [-0.4, -0.2) is 33.9 Å². The lowest BCUT2D eigenvalue weighted by atomic mass is 10.1. The Labute approximate surface area is 128 Å². The molecule has 0 radical (unpaired) electrons. The molecule has 0 aliphatic carbocycles. The van der Waals surface area contributed by atoms with E-state index in [0.717, 1.165) is 16.8 Å². The van der Waals surface area contributed by atoms with Crippen LogP contribution in [-0.2, 0) is 17.9 Å². The fourth-order valence-corrected chi connectivity index (χ4v) is 1.99. The molecule has 1 aromatic heterocycles. The van der Waals surface area contributed by atoms with Gasteiger partial charge in [-0.3, -0.25) is 9.48 Å². The fraction of sp³-hybridized carbons (Fsp3) is 0.333. The number of nitrogens with one attached hydrogen (secondary N) is 2. The van der Waals surface area contributed by atoms with Crippen LogP contribution in [0.5, 0.6) is 0 Å². The molecule has 0 bridgehead atoms. The van der Waals surface area contributed by atoms with Crippen molar-refractivity contribution < 1.29 is 14.3 Å². The minimum absolute atomic E-state index is 0.0886. The molecule has 0 fully saturated rings. The van der Waals surface area contributed by atoms with Gasteiger partial charge in [-0.15, -0.1) is 0 Å². The highest BCUT2D eigenvalue weighted by molar-refractivity contribution is 5.75. The normalized spacial score (nSPS) is 10.5. The summed E-state index contributed by atoms with van der Waals surface area (Å²) in [5, 5.41) is 18.5. The molecule has 1 amide bonds. The van der Waals surface area contributed by atoms with Gasteiger partial charge in [0.05, 0.1) is 18.5 Å². The standard InChI is InChI=1S/C15H19FN4O2/c1-11-6-13(16)3-2-12(11)7-18-14-8-19-20(9-14)10-15(22)17-4-5-21/h2-3,6,8-9,18,21H,4-5,7,10H2,1H3,(H,17,22). The number of aliphatic hydroxyl groups excluding tert-OH is 1. The number of aromatic nitrogens is 2. The van der Waals surface area contributed by atoms with Crippen LogP contribution in [0, 0.1) is 12.7 Å². The van der Waals surface area contributed by atoms with Gasteiger partial charge in [0.2, 0.25) is 5.91 Å². The van der Waals surface area contributed by atoms with Crippen molar-refractivity contribution in [2.45, 2.75) is 20.0 Å². The molecule has 0 saturated heterocycles. The molecular formula is C15H19FN4O2. The van der Waals surface area contributed by atoms with Crippen LogP contribution in [0.4, 0.5) is 10.1 Å². The number of nitrogens with zero attached hydrogens (tertiary/aromatic N) is 2. The van der Waals surface area contributed by atoms with Crippen LogP contribution in [0.3, 0.4) is 0 Å². The number of hydrogen-bond donors (Lipinski definition) is 3. The first-order valence-electron chi connectivity index (χ1n) is 6.97. The monoisotopic (exact) mass is 306 g/mol. The summed E-state index contributed by atoms with van der Waals surface area (Å²) in [7, 11) is 0. The highest BCUT2D eigenvalue weighted by Gasteiger charge is 2.05. The number of benzene rings is 1. The number of halogens is 1. The van der Waals surface area contributed by atoms with E-state index < -0.39 is 0 Å². The summed E-state index contributed by atoms with van der Waals surface area (Å²) in [6, 6.07) is 4.66. The van der Waals surface area contributed by atoms with Gasteiger partial charge < -0.3 is 15.7 Å². The molecule has 1 aromatic carbocycles. The van der Waals surface area contributed by atoms with Gasteiger partial charge >= 0.3 is 0 Å². The zero-order chi connectivity index (χ0) is 15.9. The van der Waals surface area contributed by atoms with Crippen molar-refractivity contribution in [2.24, 2.45) is 0 Å². The molecule has 2 rings (SSSR count). The van der Waals surface area contributed by atoms with E-state index in [1.807, 2.05) is 6.92 Å². The van der Waals surface area contributed by atoms with Crippen molar-refractivity contribution in [2.75, 3.05) is 18.5 Å². The number of aliphatic hydroxyl groups is 1. The van der Waals surface area contributed by atoms with Crippen molar-refractivity contribution in [3.05, 3.63) is 47.5 Å². The number of anilines is 1. The van der Waals surface area contributed by atoms with Gasteiger partial charge in [0.15, 0.2) is 0 Å². The van der Waals surface area contributed by atoms with E-state index >= 15 is 0 Å². The first kappa shape index (κ1) is 16.0. The van der Waals surface area contributed by atoms with Gasteiger partial charge in [0.25, 0.3) is 0 Å². The van der Waals surface area contributed by atoms with Crippen LogP contribution in [0.25, 0.3) is 0 Å². The Hall–Kier alpha value is -2.41. The molecular weight excluding hydrogens is 287 g/mol. The Balaban J connectivity index is 1.88. The van der Waals surface area contributed by atoms with Crippen molar-refractivity contribution in [1.82, 2.24) is 15.1 Å². The maximum Gasteiger partial charge on any atom is 0.241 e. The number of rotatable bonds is 7. The van der Waals surface area contributed by atoms with Gasteiger partial charge in [-0.2, -0.15) is 5.10 Å². The lowest BCUT2D eigenvalue weighted by Crippen LogP contribution is -2.30. The molecule has 1 heterocycles. The lowest BCUT2D eigenvalue weighted by molar-refractivity contribution is -0.122. The third-order valence-electron chi connectivity index (χ3n) is 3.16. The summed E-state index contributed by atoms with van der Waals surface area (Å²) in [6.45, 7) is 2.64. The summed E-state index contributed by atoms with van der Waals surface area (Å²) in [6.07, 6.45) is 3.34. The summed E-state index contributed by atoms with van der Waals surface area (Å²) < 4.78 is 14.5. The van der Waals surface area contributed by atoms with E-state index in [4.69, 9.17) is 5.11 Å². The van der Waals surface area contributed by atoms with Crippen molar-refractivity contribution in [1.29, 1.82) is 0 Å². The Morgan fingerprint density at radius 2 is 2.27 bits per heavy atom. The molecule has 6 nitrogen and oxygen atoms in total. The SMILES string of the molecule is Cc1cc(F)ccc1CNc1cnn(CC(=O)NCCO)c1. The van der Waals surface area contributed by atoms with Crippen LogP contribution < -0.4 is 10.6 Å². The number of carbonyl (C=O) groups excluding carboxylic acids is 1. The van der Waals surface area contributed by atoms with Crippen LogP contribution in [0.15, 0.2) is 30.6 Å². The fourth-order valence-electron chi connectivity index (χ4n) is 1.99. The quantitative estimate of drug-likeness (QED) is 0.714. The van der Waals surface area contributed by atoms with E-state index in [0.29, 0.717) is 6.54 Å². The van der Waals surface area contributed by atoms with Gasteiger partial charge in [-0.05, 0) is 30.2 Å². The number of amides is 1. The summed E-state index contributed by atoms with van der Waals surface area (Å²) in [4.78, 5) is 11.5. The van der Waals surface area contributed by atoms with E-state index in [2.05, 4.69) is 15.7 Å². The van der Waals surface area contributed by atoms with E-state index in [9.17, 15) is 9.18 Å². The first-order valence-corrected chi connectivity index (χ1v) is 6.97. The minimum atomic E-state index is -0.247. The second-order valence-corrected chi connectivity index (χ2v) is 4.92.